The third-order valence-electron chi connectivity index (χ3n) is 4.21. The second-order valence-electron chi connectivity index (χ2n) is 5.70. The van der Waals surface area contributed by atoms with E-state index in [0.717, 1.165) is 31.8 Å². The van der Waals surface area contributed by atoms with Crippen molar-refractivity contribution in [2.75, 3.05) is 31.6 Å². The van der Waals surface area contributed by atoms with Crippen molar-refractivity contribution in [3.05, 3.63) is 29.8 Å². The van der Waals surface area contributed by atoms with Gasteiger partial charge in [0.25, 0.3) is 0 Å². The van der Waals surface area contributed by atoms with E-state index in [-0.39, 0.29) is 6.10 Å². The number of halogens is 3. The molecule has 1 aromatic rings. The van der Waals surface area contributed by atoms with Crippen molar-refractivity contribution in [1.82, 2.24) is 4.90 Å². The van der Waals surface area contributed by atoms with Gasteiger partial charge in [-0.2, -0.15) is 13.2 Å². The fraction of sp³-hybridized carbons (Fsp3) is 0.600. The van der Waals surface area contributed by atoms with Crippen molar-refractivity contribution in [3.63, 3.8) is 0 Å². The van der Waals surface area contributed by atoms with Crippen LogP contribution < -0.4 is 5.32 Å². The van der Waals surface area contributed by atoms with Gasteiger partial charge in [-0.3, -0.25) is 4.90 Å². The molecule has 2 saturated heterocycles. The summed E-state index contributed by atoms with van der Waals surface area (Å²) in [6.07, 6.45) is -1.75. The molecule has 0 bridgehead atoms. The monoisotopic (exact) mass is 300 g/mol. The largest absolute Gasteiger partial charge is 0.416 e. The highest BCUT2D eigenvalue weighted by molar-refractivity contribution is 5.45. The van der Waals surface area contributed by atoms with Crippen LogP contribution in [0.4, 0.5) is 18.9 Å². The Hall–Kier alpha value is -1.27. The Morgan fingerprint density at radius 3 is 2.71 bits per heavy atom. The first-order valence-electron chi connectivity index (χ1n) is 7.29. The van der Waals surface area contributed by atoms with Gasteiger partial charge in [-0.05, 0) is 43.7 Å². The van der Waals surface area contributed by atoms with Crippen LogP contribution in [0.3, 0.4) is 0 Å². The van der Waals surface area contributed by atoms with Gasteiger partial charge in [0.05, 0.1) is 18.3 Å². The van der Waals surface area contributed by atoms with Crippen molar-refractivity contribution in [2.45, 2.75) is 31.2 Å². The zero-order valence-electron chi connectivity index (χ0n) is 11.7. The molecule has 2 aliphatic heterocycles. The van der Waals surface area contributed by atoms with Crippen LogP contribution in [0.5, 0.6) is 0 Å². The number of ether oxygens (including phenoxy) is 1. The molecule has 2 atom stereocenters. The summed E-state index contributed by atoms with van der Waals surface area (Å²) in [4.78, 5) is 2.45. The fourth-order valence-corrected chi connectivity index (χ4v) is 3.02. The second-order valence-corrected chi connectivity index (χ2v) is 5.70. The first-order chi connectivity index (χ1) is 10.0. The molecule has 21 heavy (non-hydrogen) atoms. The number of hydrogen-bond donors (Lipinski definition) is 1. The van der Waals surface area contributed by atoms with E-state index in [4.69, 9.17) is 4.74 Å². The summed E-state index contributed by atoms with van der Waals surface area (Å²) < 4.78 is 43.2. The number of nitrogens with zero attached hydrogens (tertiary/aromatic N) is 1. The quantitative estimate of drug-likeness (QED) is 0.929. The topological polar surface area (TPSA) is 24.5 Å². The number of morpholine rings is 1. The normalized spacial score (nSPS) is 26.6. The highest BCUT2D eigenvalue weighted by Gasteiger charge is 2.32. The van der Waals surface area contributed by atoms with Gasteiger partial charge in [0.2, 0.25) is 0 Å². The number of anilines is 1. The number of nitrogens with one attached hydrogen (secondary N) is 1. The predicted octanol–water partition coefficient (Wildman–Crippen LogP) is 2.98. The predicted molar refractivity (Wildman–Crippen MR) is 74.3 cm³/mol. The van der Waals surface area contributed by atoms with E-state index in [1.54, 1.807) is 0 Å². The van der Waals surface area contributed by atoms with Gasteiger partial charge >= 0.3 is 6.18 Å². The average Bonchev–Trinajstić information content (AvgIpc) is 2.92. The lowest BCUT2D eigenvalue weighted by atomic mass is 10.1. The third-order valence-corrected chi connectivity index (χ3v) is 4.21. The zero-order chi connectivity index (χ0) is 14.9. The highest BCUT2D eigenvalue weighted by Crippen LogP contribution is 2.30. The van der Waals surface area contributed by atoms with Crippen molar-refractivity contribution < 1.29 is 17.9 Å². The Bertz CT molecular complexity index is 475. The molecule has 0 aliphatic carbocycles. The first kappa shape index (κ1) is 14.7. The highest BCUT2D eigenvalue weighted by atomic mass is 19.4. The van der Waals surface area contributed by atoms with Gasteiger partial charge in [-0.1, -0.05) is 0 Å². The minimum atomic E-state index is -4.28. The molecular formula is C15H19F3N2O. The number of benzene rings is 1. The van der Waals surface area contributed by atoms with Crippen LogP contribution in [-0.4, -0.2) is 43.3 Å². The smallest absolute Gasteiger partial charge is 0.382 e. The molecule has 6 heteroatoms. The van der Waals surface area contributed by atoms with E-state index in [0.29, 0.717) is 18.3 Å². The summed E-state index contributed by atoms with van der Waals surface area (Å²) in [5, 5.41) is 3.15. The van der Waals surface area contributed by atoms with Crippen molar-refractivity contribution in [3.8, 4) is 0 Å². The van der Waals surface area contributed by atoms with Crippen LogP contribution in [0.1, 0.15) is 18.4 Å². The average molecular weight is 300 g/mol. The molecule has 0 saturated carbocycles. The molecule has 0 aromatic heterocycles. The third kappa shape index (κ3) is 3.49. The summed E-state index contributed by atoms with van der Waals surface area (Å²) >= 11 is 0. The molecule has 2 aliphatic rings. The van der Waals surface area contributed by atoms with Crippen LogP contribution >= 0.6 is 0 Å². The van der Waals surface area contributed by atoms with Crippen LogP contribution in [0, 0.1) is 0 Å². The lowest BCUT2D eigenvalue weighted by Gasteiger charge is -2.35. The standard InChI is InChI=1S/C15H19F3N2O/c16-15(17,18)11-3-5-12(6-4-11)19-8-14-9-20-7-1-2-13(20)10-21-14/h3-6,13-14,19H,1-2,7-10H2. The van der Waals surface area contributed by atoms with Crippen LogP contribution in [0.25, 0.3) is 0 Å². The Labute approximate surface area is 122 Å². The summed E-state index contributed by atoms with van der Waals surface area (Å²) in [7, 11) is 0. The Kier molecular flexibility index (Phi) is 4.08. The molecule has 3 rings (SSSR count). The minimum absolute atomic E-state index is 0.0987. The molecule has 0 radical (unpaired) electrons. The van der Waals surface area contributed by atoms with Crippen LogP contribution in [-0.2, 0) is 10.9 Å². The second kappa shape index (κ2) is 5.85. The molecular weight excluding hydrogens is 281 g/mol. The van der Waals surface area contributed by atoms with E-state index in [1.165, 1.54) is 25.0 Å². The van der Waals surface area contributed by atoms with E-state index in [2.05, 4.69) is 10.2 Å². The Morgan fingerprint density at radius 2 is 2.00 bits per heavy atom. The van der Waals surface area contributed by atoms with E-state index in [1.807, 2.05) is 0 Å². The molecule has 2 fully saturated rings. The van der Waals surface area contributed by atoms with E-state index < -0.39 is 11.7 Å². The maximum absolute atomic E-state index is 12.5. The summed E-state index contributed by atoms with van der Waals surface area (Å²) in [6, 6.07) is 5.68. The first-order valence-corrected chi connectivity index (χ1v) is 7.29. The molecule has 2 unspecified atom stereocenters. The summed E-state index contributed by atoms with van der Waals surface area (Å²) in [5.41, 5.74) is 0.0667. The maximum atomic E-state index is 12.5. The fourth-order valence-electron chi connectivity index (χ4n) is 3.02. The van der Waals surface area contributed by atoms with Crippen molar-refractivity contribution in [2.24, 2.45) is 0 Å². The Morgan fingerprint density at radius 1 is 1.24 bits per heavy atom. The number of alkyl halides is 3. The SMILES string of the molecule is FC(F)(F)c1ccc(NCC2CN3CCCC3CO2)cc1. The van der Waals surface area contributed by atoms with E-state index in [9.17, 15) is 13.2 Å². The number of fused-ring (bicyclic) bond motifs is 1. The molecule has 2 heterocycles. The van der Waals surface area contributed by atoms with Gasteiger partial charge in [0.1, 0.15) is 0 Å². The van der Waals surface area contributed by atoms with Gasteiger partial charge < -0.3 is 10.1 Å². The van der Waals surface area contributed by atoms with Gasteiger partial charge in [0, 0.05) is 24.8 Å². The summed E-state index contributed by atoms with van der Waals surface area (Å²) in [6.45, 7) is 3.41. The molecule has 0 spiro atoms. The molecule has 3 nitrogen and oxygen atoms in total. The molecule has 1 N–H and O–H groups in total. The molecule has 116 valence electrons. The molecule has 1 aromatic carbocycles. The number of rotatable bonds is 3. The maximum Gasteiger partial charge on any atom is 0.416 e. The lowest BCUT2D eigenvalue weighted by molar-refractivity contribution is -0.137. The van der Waals surface area contributed by atoms with Crippen LogP contribution in [0.2, 0.25) is 0 Å². The Balaban J connectivity index is 1.51. The van der Waals surface area contributed by atoms with Gasteiger partial charge in [0.15, 0.2) is 0 Å². The van der Waals surface area contributed by atoms with Crippen molar-refractivity contribution >= 4 is 5.69 Å². The zero-order valence-corrected chi connectivity index (χ0v) is 11.7. The lowest BCUT2D eigenvalue weighted by Crippen LogP contribution is -2.48. The minimum Gasteiger partial charge on any atom is -0.382 e. The molecule has 0 amide bonds. The van der Waals surface area contributed by atoms with Crippen molar-refractivity contribution in [1.29, 1.82) is 0 Å². The number of hydrogen-bond acceptors (Lipinski definition) is 3. The van der Waals surface area contributed by atoms with Crippen LogP contribution in [0.15, 0.2) is 24.3 Å². The van der Waals surface area contributed by atoms with Gasteiger partial charge in [-0.25, -0.2) is 0 Å². The van der Waals surface area contributed by atoms with E-state index >= 15 is 0 Å². The summed E-state index contributed by atoms with van der Waals surface area (Å²) in [5.74, 6) is 0. The van der Waals surface area contributed by atoms with Gasteiger partial charge in [-0.15, -0.1) is 0 Å².